The van der Waals surface area contributed by atoms with Gasteiger partial charge in [0.25, 0.3) is 0 Å². The van der Waals surface area contributed by atoms with Crippen molar-refractivity contribution in [1.29, 1.82) is 0 Å². The molecule has 0 saturated heterocycles. The summed E-state index contributed by atoms with van der Waals surface area (Å²) in [6.07, 6.45) is -2.06. The number of hydrogen-bond donors (Lipinski definition) is 1. The summed E-state index contributed by atoms with van der Waals surface area (Å²) in [5.74, 6) is 0.667. The van der Waals surface area contributed by atoms with E-state index in [2.05, 4.69) is 15.3 Å². The van der Waals surface area contributed by atoms with Crippen molar-refractivity contribution in [3.05, 3.63) is 59.2 Å². The third-order valence-electron chi connectivity index (χ3n) is 3.22. The van der Waals surface area contributed by atoms with Gasteiger partial charge in [-0.25, -0.2) is 9.97 Å². The summed E-state index contributed by atoms with van der Waals surface area (Å²) in [5, 5.41) is 3.13. The largest absolute Gasteiger partial charge is 0.416 e. The summed E-state index contributed by atoms with van der Waals surface area (Å²) >= 11 is 0. The quantitative estimate of drug-likeness (QED) is 0.940. The first-order valence-corrected chi connectivity index (χ1v) is 6.53. The van der Waals surface area contributed by atoms with Crippen LogP contribution >= 0.6 is 0 Å². The van der Waals surface area contributed by atoms with E-state index in [-0.39, 0.29) is 6.04 Å². The van der Waals surface area contributed by atoms with Crippen LogP contribution in [0.3, 0.4) is 0 Å². The number of aromatic nitrogens is 2. The van der Waals surface area contributed by atoms with Gasteiger partial charge in [0.1, 0.15) is 5.82 Å². The lowest BCUT2D eigenvalue weighted by Gasteiger charge is -2.16. The second-order valence-electron chi connectivity index (χ2n) is 4.77. The van der Waals surface area contributed by atoms with Crippen LogP contribution in [0.15, 0.2) is 36.5 Å². The fraction of sp³-hybridized carbons (Fsp3) is 0.333. The van der Waals surface area contributed by atoms with E-state index >= 15 is 0 Å². The minimum absolute atomic E-state index is 0.0663. The van der Waals surface area contributed by atoms with E-state index in [1.807, 2.05) is 0 Å². The van der Waals surface area contributed by atoms with Gasteiger partial charge in [-0.05, 0) is 44.2 Å². The Labute approximate surface area is 121 Å². The predicted molar refractivity (Wildman–Crippen MR) is 73.7 cm³/mol. The molecule has 1 atom stereocenters. The molecule has 0 bridgehead atoms. The summed E-state index contributed by atoms with van der Waals surface area (Å²) in [7, 11) is 1.80. The lowest BCUT2D eigenvalue weighted by atomic mass is 10.0. The molecular weight excluding hydrogens is 279 g/mol. The van der Waals surface area contributed by atoms with Crippen molar-refractivity contribution in [2.75, 3.05) is 7.05 Å². The molecule has 0 aliphatic heterocycles. The monoisotopic (exact) mass is 295 g/mol. The number of halogens is 3. The maximum absolute atomic E-state index is 12.5. The minimum atomic E-state index is -4.30. The molecule has 1 heterocycles. The number of alkyl halides is 3. The molecule has 0 fully saturated rings. The van der Waals surface area contributed by atoms with Gasteiger partial charge in [0.2, 0.25) is 0 Å². The van der Waals surface area contributed by atoms with E-state index in [1.54, 1.807) is 26.2 Å². The first-order chi connectivity index (χ1) is 9.90. The van der Waals surface area contributed by atoms with Gasteiger partial charge in [-0.3, -0.25) is 0 Å². The summed E-state index contributed by atoms with van der Waals surface area (Å²) < 4.78 is 37.6. The van der Waals surface area contributed by atoms with Crippen molar-refractivity contribution < 1.29 is 13.2 Å². The van der Waals surface area contributed by atoms with Crippen LogP contribution in [-0.2, 0) is 12.6 Å². The molecule has 6 heteroatoms. The standard InChI is InChI=1S/C15H16F3N3/c1-10-20-8-7-13(21-10)14(19-2)9-11-3-5-12(6-4-11)15(16,17)18/h3-8,14,19H,9H2,1-2H3. The molecule has 0 aliphatic rings. The average Bonchev–Trinajstić information content (AvgIpc) is 2.44. The van der Waals surface area contributed by atoms with Crippen molar-refractivity contribution in [1.82, 2.24) is 15.3 Å². The van der Waals surface area contributed by atoms with E-state index in [4.69, 9.17) is 0 Å². The molecule has 0 radical (unpaired) electrons. The van der Waals surface area contributed by atoms with Crippen molar-refractivity contribution in [3.63, 3.8) is 0 Å². The first kappa shape index (κ1) is 15.4. The molecule has 112 valence electrons. The third kappa shape index (κ3) is 4.01. The average molecular weight is 295 g/mol. The molecule has 1 aromatic heterocycles. The normalized spacial score (nSPS) is 13.2. The van der Waals surface area contributed by atoms with Crippen LogP contribution in [0, 0.1) is 6.92 Å². The molecular formula is C15H16F3N3. The molecule has 2 aromatic rings. The molecule has 0 amide bonds. The van der Waals surface area contributed by atoms with Gasteiger partial charge in [-0.1, -0.05) is 12.1 Å². The molecule has 1 N–H and O–H groups in total. The highest BCUT2D eigenvalue weighted by atomic mass is 19.4. The van der Waals surface area contributed by atoms with Crippen molar-refractivity contribution in [2.24, 2.45) is 0 Å². The third-order valence-corrected chi connectivity index (χ3v) is 3.22. The number of hydrogen-bond acceptors (Lipinski definition) is 3. The molecule has 2 rings (SSSR count). The first-order valence-electron chi connectivity index (χ1n) is 6.53. The fourth-order valence-electron chi connectivity index (χ4n) is 2.09. The van der Waals surface area contributed by atoms with Crippen LogP contribution in [-0.4, -0.2) is 17.0 Å². The number of rotatable bonds is 4. The van der Waals surface area contributed by atoms with Gasteiger partial charge in [0.15, 0.2) is 0 Å². The lowest BCUT2D eigenvalue weighted by Crippen LogP contribution is -2.20. The topological polar surface area (TPSA) is 37.8 Å². The Morgan fingerprint density at radius 2 is 1.81 bits per heavy atom. The van der Waals surface area contributed by atoms with Crippen LogP contribution in [0.2, 0.25) is 0 Å². The van der Waals surface area contributed by atoms with Gasteiger partial charge in [0, 0.05) is 6.20 Å². The molecule has 1 aromatic carbocycles. The Kier molecular flexibility index (Phi) is 4.57. The highest BCUT2D eigenvalue weighted by Crippen LogP contribution is 2.29. The van der Waals surface area contributed by atoms with Crippen molar-refractivity contribution in [3.8, 4) is 0 Å². The molecule has 21 heavy (non-hydrogen) atoms. The van der Waals surface area contributed by atoms with Gasteiger partial charge in [0.05, 0.1) is 17.3 Å². The van der Waals surface area contributed by atoms with E-state index in [9.17, 15) is 13.2 Å². The Bertz CT molecular complexity index is 594. The van der Waals surface area contributed by atoms with Gasteiger partial charge >= 0.3 is 6.18 Å². The second-order valence-corrected chi connectivity index (χ2v) is 4.77. The van der Waals surface area contributed by atoms with Crippen molar-refractivity contribution in [2.45, 2.75) is 25.6 Å². The number of nitrogens with one attached hydrogen (secondary N) is 1. The lowest BCUT2D eigenvalue weighted by molar-refractivity contribution is -0.137. The van der Waals surface area contributed by atoms with Gasteiger partial charge < -0.3 is 5.32 Å². The van der Waals surface area contributed by atoms with E-state index in [0.29, 0.717) is 12.2 Å². The molecule has 0 aliphatic carbocycles. The number of benzene rings is 1. The smallest absolute Gasteiger partial charge is 0.311 e. The van der Waals surface area contributed by atoms with Crippen molar-refractivity contribution >= 4 is 0 Å². The van der Waals surface area contributed by atoms with Crippen LogP contribution < -0.4 is 5.32 Å². The Morgan fingerprint density at radius 3 is 2.33 bits per heavy atom. The van der Waals surface area contributed by atoms with E-state index in [0.717, 1.165) is 23.4 Å². The summed E-state index contributed by atoms with van der Waals surface area (Å²) in [6.45, 7) is 1.80. The Hall–Kier alpha value is -1.95. The zero-order valence-corrected chi connectivity index (χ0v) is 11.8. The maximum atomic E-state index is 12.5. The number of nitrogens with zero attached hydrogens (tertiary/aromatic N) is 2. The highest BCUT2D eigenvalue weighted by molar-refractivity contribution is 5.26. The second kappa shape index (κ2) is 6.22. The van der Waals surface area contributed by atoms with E-state index < -0.39 is 11.7 Å². The predicted octanol–water partition coefficient (Wildman–Crippen LogP) is 3.31. The fourth-order valence-corrected chi connectivity index (χ4v) is 2.09. The Morgan fingerprint density at radius 1 is 1.14 bits per heavy atom. The number of likely N-dealkylation sites (N-methyl/N-ethyl adjacent to an activating group) is 1. The Balaban J connectivity index is 2.15. The van der Waals surface area contributed by atoms with Crippen LogP contribution in [0.1, 0.15) is 28.7 Å². The maximum Gasteiger partial charge on any atom is 0.416 e. The molecule has 0 spiro atoms. The van der Waals surface area contributed by atoms with Gasteiger partial charge in [-0.2, -0.15) is 13.2 Å². The molecule has 1 unspecified atom stereocenters. The summed E-state index contributed by atoms with van der Waals surface area (Å²) in [6, 6.07) is 6.95. The van der Waals surface area contributed by atoms with Crippen LogP contribution in [0.25, 0.3) is 0 Å². The SMILES string of the molecule is CNC(Cc1ccc(C(F)(F)F)cc1)c1ccnc(C)n1. The highest BCUT2D eigenvalue weighted by Gasteiger charge is 2.30. The minimum Gasteiger partial charge on any atom is -0.311 e. The molecule has 0 saturated carbocycles. The summed E-state index contributed by atoms with van der Waals surface area (Å²) in [5.41, 5.74) is 1.01. The summed E-state index contributed by atoms with van der Waals surface area (Å²) in [4.78, 5) is 8.38. The molecule has 3 nitrogen and oxygen atoms in total. The zero-order chi connectivity index (χ0) is 15.5. The van der Waals surface area contributed by atoms with Crippen LogP contribution in [0.5, 0.6) is 0 Å². The van der Waals surface area contributed by atoms with E-state index in [1.165, 1.54) is 12.1 Å². The zero-order valence-electron chi connectivity index (χ0n) is 11.8. The van der Waals surface area contributed by atoms with Crippen LogP contribution in [0.4, 0.5) is 13.2 Å². The number of aryl methyl sites for hydroxylation is 1. The van der Waals surface area contributed by atoms with Gasteiger partial charge in [-0.15, -0.1) is 0 Å².